The molecule has 2 heterocycles. The third-order valence-corrected chi connectivity index (χ3v) is 3.96. The van der Waals surface area contributed by atoms with Crippen LogP contribution in [-0.4, -0.2) is 20.0 Å². The Kier molecular flexibility index (Phi) is 3.94. The van der Waals surface area contributed by atoms with Crippen LogP contribution in [0.5, 0.6) is 0 Å². The molecular weight excluding hydrogens is 352 g/mol. The van der Waals surface area contributed by atoms with Crippen LogP contribution in [0.3, 0.4) is 0 Å². The molecule has 0 aliphatic heterocycles. The molecule has 0 spiro atoms. The first-order chi connectivity index (χ1) is 10.1. The first-order valence-corrected chi connectivity index (χ1v) is 7.47. The van der Waals surface area contributed by atoms with E-state index in [0.29, 0.717) is 5.02 Å². The average Bonchev–Trinajstić information content (AvgIpc) is 3.07. The van der Waals surface area contributed by atoms with E-state index in [9.17, 15) is 0 Å². The topological polar surface area (TPSA) is 46.5 Å². The van der Waals surface area contributed by atoms with E-state index in [0.717, 1.165) is 15.4 Å². The maximum absolute atomic E-state index is 5.81. The van der Waals surface area contributed by atoms with Crippen molar-refractivity contribution in [2.24, 2.45) is 7.05 Å². The Morgan fingerprint density at radius 1 is 1.14 bits per heavy atom. The van der Waals surface area contributed by atoms with Gasteiger partial charge in [-0.2, -0.15) is 10.2 Å². The van der Waals surface area contributed by atoms with Gasteiger partial charge in [0.25, 0.3) is 0 Å². The highest BCUT2D eigenvalue weighted by molar-refractivity contribution is 9.10. The van der Waals surface area contributed by atoms with Crippen molar-refractivity contribution in [1.82, 2.24) is 20.0 Å². The number of nitrogens with zero attached hydrogens (tertiary/aromatic N) is 3. The molecule has 4 aromatic rings. The van der Waals surface area contributed by atoms with E-state index in [1.54, 1.807) is 6.20 Å². The number of hydrogen-bond acceptors (Lipinski definition) is 2. The van der Waals surface area contributed by atoms with Crippen molar-refractivity contribution >= 4 is 49.3 Å². The fraction of sp³-hybridized carbons (Fsp3) is 0.0667. The monoisotopic (exact) mass is 362 g/mol. The van der Waals surface area contributed by atoms with Crippen molar-refractivity contribution in [3.8, 4) is 0 Å². The second kappa shape index (κ2) is 5.87. The zero-order chi connectivity index (χ0) is 14.8. The van der Waals surface area contributed by atoms with Crippen molar-refractivity contribution in [2.45, 2.75) is 0 Å². The Balaban J connectivity index is 0.000000126. The summed E-state index contributed by atoms with van der Waals surface area (Å²) in [6, 6.07) is 11.9. The van der Waals surface area contributed by atoms with Gasteiger partial charge in [0.2, 0.25) is 0 Å². The molecule has 0 radical (unpaired) electrons. The molecule has 106 valence electrons. The summed E-state index contributed by atoms with van der Waals surface area (Å²) in [6.45, 7) is 0. The first kappa shape index (κ1) is 14.1. The number of aromatic amines is 1. The summed E-state index contributed by atoms with van der Waals surface area (Å²) in [7, 11) is 1.95. The molecule has 0 saturated heterocycles. The van der Waals surface area contributed by atoms with Crippen molar-refractivity contribution < 1.29 is 0 Å². The number of halogens is 2. The van der Waals surface area contributed by atoms with E-state index < -0.39 is 0 Å². The molecule has 2 aromatic carbocycles. The average molecular weight is 364 g/mol. The fourth-order valence-electron chi connectivity index (χ4n) is 2.08. The normalized spacial score (nSPS) is 10.6. The van der Waals surface area contributed by atoms with Crippen molar-refractivity contribution in [2.75, 3.05) is 0 Å². The number of aromatic nitrogens is 4. The van der Waals surface area contributed by atoms with Crippen LogP contribution in [0.2, 0.25) is 5.02 Å². The predicted molar refractivity (Wildman–Crippen MR) is 89.5 cm³/mol. The van der Waals surface area contributed by atoms with Crippen LogP contribution >= 0.6 is 27.5 Å². The molecule has 0 aliphatic carbocycles. The molecule has 0 saturated carbocycles. The second-order valence-corrected chi connectivity index (χ2v) is 5.84. The number of nitrogens with one attached hydrogen (secondary N) is 1. The maximum Gasteiger partial charge on any atom is 0.0793 e. The summed E-state index contributed by atoms with van der Waals surface area (Å²) in [5, 5.41) is 13.8. The van der Waals surface area contributed by atoms with E-state index in [1.807, 2.05) is 42.2 Å². The Morgan fingerprint density at radius 2 is 1.95 bits per heavy atom. The number of para-hydroxylation sites is 1. The molecule has 0 aliphatic rings. The molecule has 0 fully saturated rings. The van der Waals surface area contributed by atoms with Crippen LogP contribution in [0.4, 0.5) is 0 Å². The Labute approximate surface area is 134 Å². The van der Waals surface area contributed by atoms with Gasteiger partial charge in [0.05, 0.1) is 23.4 Å². The third-order valence-electron chi connectivity index (χ3n) is 3.12. The lowest BCUT2D eigenvalue weighted by Gasteiger charge is -1.93. The van der Waals surface area contributed by atoms with Crippen molar-refractivity contribution in [1.29, 1.82) is 0 Å². The zero-order valence-electron chi connectivity index (χ0n) is 11.2. The van der Waals surface area contributed by atoms with Crippen LogP contribution in [0.1, 0.15) is 0 Å². The lowest BCUT2D eigenvalue weighted by Crippen LogP contribution is -1.87. The molecule has 0 bridgehead atoms. The molecule has 6 heteroatoms. The molecule has 4 rings (SSSR count). The first-order valence-electron chi connectivity index (χ1n) is 6.30. The summed E-state index contributed by atoms with van der Waals surface area (Å²) in [6.07, 6.45) is 3.61. The van der Waals surface area contributed by atoms with E-state index in [1.165, 1.54) is 10.9 Å². The predicted octanol–water partition coefficient (Wildman–Crippen LogP) is 4.55. The number of rotatable bonds is 0. The molecular formula is C15H12BrClN4. The van der Waals surface area contributed by atoms with Crippen LogP contribution in [0, 0.1) is 0 Å². The van der Waals surface area contributed by atoms with Crippen LogP contribution in [0.25, 0.3) is 21.8 Å². The van der Waals surface area contributed by atoms with Crippen molar-refractivity contribution in [3.05, 3.63) is 58.3 Å². The number of H-pyrrole nitrogens is 1. The van der Waals surface area contributed by atoms with E-state index >= 15 is 0 Å². The molecule has 2 aromatic heterocycles. The zero-order valence-corrected chi connectivity index (χ0v) is 13.6. The maximum atomic E-state index is 5.81. The van der Waals surface area contributed by atoms with Gasteiger partial charge >= 0.3 is 0 Å². The lowest BCUT2D eigenvalue weighted by atomic mass is 10.3. The SMILES string of the molecule is Clc1cc(Br)c2[nH]ncc2c1.Cn1ncc2ccccc21. The van der Waals surface area contributed by atoms with E-state index in [2.05, 4.69) is 43.4 Å². The Hall–Kier alpha value is -1.85. The van der Waals surface area contributed by atoms with Gasteiger partial charge in [-0.05, 0) is 34.1 Å². The largest absolute Gasteiger partial charge is 0.277 e. The van der Waals surface area contributed by atoms with E-state index in [4.69, 9.17) is 11.6 Å². The van der Waals surface area contributed by atoms with Crippen LogP contribution in [-0.2, 0) is 7.05 Å². The lowest BCUT2D eigenvalue weighted by molar-refractivity contribution is 0.797. The molecule has 0 atom stereocenters. The van der Waals surface area contributed by atoms with E-state index in [-0.39, 0.29) is 0 Å². The Morgan fingerprint density at radius 3 is 2.76 bits per heavy atom. The summed E-state index contributed by atoms with van der Waals surface area (Å²) in [5.41, 5.74) is 2.16. The number of fused-ring (bicyclic) bond motifs is 2. The van der Waals surface area contributed by atoms with Gasteiger partial charge in [-0.1, -0.05) is 29.8 Å². The molecule has 0 unspecified atom stereocenters. The van der Waals surface area contributed by atoms with Gasteiger partial charge in [0, 0.05) is 27.3 Å². The summed E-state index contributed by atoms with van der Waals surface area (Å²) < 4.78 is 2.81. The fourth-order valence-corrected chi connectivity index (χ4v) is 3.00. The minimum absolute atomic E-state index is 0.714. The minimum atomic E-state index is 0.714. The summed E-state index contributed by atoms with van der Waals surface area (Å²) in [4.78, 5) is 0. The standard InChI is InChI=1S/C8H8N2.C7H4BrClN2/c1-10-8-5-3-2-4-7(8)6-9-10;8-6-2-5(9)1-4-3-10-11-7(4)6/h2-6H,1H3;1-3H,(H,10,11). The van der Waals surface area contributed by atoms with Gasteiger partial charge in [-0.15, -0.1) is 0 Å². The quantitative estimate of drug-likeness (QED) is 0.498. The van der Waals surface area contributed by atoms with Crippen LogP contribution < -0.4 is 0 Å². The molecule has 0 amide bonds. The van der Waals surface area contributed by atoms with Gasteiger partial charge in [0.1, 0.15) is 0 Å². The van der Waals surface area contributed by atoms with Crippen LogP contribution in [0.15, 0.2) is 53.3 Å². The number of benzene rings is 2. The summed E-state index contributed by atoms with van der Waals surface area (Å²) in [5.74, 6) is 0. The minimum Gasteiger partial charge on any atom is -0.277 e. The highest BCUT2D eigenvalue weighted by Gasteiger charge is 2.01. The second-order valence-electron chi connectivity index (χ2n) is 4.55. The van der Waals surface area contributed by atoms with Gasteiger partial charge in [-0.3, -0.25) is 9.78 Å². The molecule has 4 nitrogen and oxygen atoms in total. The highest BCUT2D eigenvalue weighted by Crippen LogP contribution is 2.25. The van der Waals surface area contributed by atoms with Gasteiger partial charge in [-0.25, -0.2) is 0 Å². The smallest absolute Gasteiger partial charge is 0.0793 e. The molecule has 1 N–H and O–H groups in total. The number of aryl methyl sites for hydroxylation is 1. The summed E-state index contributed by atoms with van der Waals surface area (Å²) >= 11 is 9.18. The van der Waals surface area contributed by atoms with Gasteiger partial charge in [0.15, 0.2) is 0 Å². The van der Waals surface area contributed by atoms with Crippen molar-refractivity contribution in [3.63, 3.8) is 0 Å². The third kappa shape index (κ3) is 2.94. The Bertz CT molecular complexity index is 897. The number of hydrogen-bond donors (Lipinski definition) is 1. The van der Waals surface area contributed by atoms with Gasteiger partial charge < -0.3 is 0 Å². The molecule has 21 heavy (non-hydrogen) atoms. The highest BCUT2D eigenvalue weighted by atomic mass is 79.9.